The van der Waals surface area contributed by atoms with E-state index in [0.29, 0.717) is 12.2 Å². The van der Waals surface area contributed by atoms with Crippen molar-refractivity contribution in [3.8, 4) is 0 Å². The SMILES string of the molecule is Cc1nc(C)n(CCCn2cc(N)ccc2=O)n1. The lowest BCUT2D eigenvalue weighted by atomic mass is 10.3. The molecule has 0 aliphatic rings. The maximum absolute atomic E-state index is 11.6. The number of hydrogen-bond acceptors (Lipinski definition) is 4. The van der Waals surface area contributed by atoms with Crippen LogP contribution in [0.15, 0.2) is 23.1 Å². The molecular formula is C12H17N5O. The summed E-state index contributed by atoms with van der Waals surface area (Å²) in [5.74, 6) is 1.67. The molecule has 2 N–H and O–H groups in total. The van der Waals surface area contributed by atoms with Crippen LogP contribution in [0.3, 0.4) is 0 Å². The van der Waals surface area contributed by atoms with Crippen LogP contribution in [-0.4, -0.2) is 19.3 Å². The average Bonchev–Trinajstić information content (AvgIpc) is 2.62. The highest BCUT2D eigenvalue weighted by molar-refractivity contribution is 5.33. The van der Waals surface area contributed by atoms with Gasteiger partial charge in [0.05, 0.1) is 0 Å². The summed E-state index contributed by atoms with van der Waals surface area (Å²) in [6, 6.07) is 3.10. The molecule has 0 saturated heterocycles. The van der Waals surface area contributed by atoms with Crippen LogP contribution in [-0.2, 0) is 13.1 Å². The molecule has 2 heterocycles. The van der Waals surface area contributed by atoms with Gasteiger partial charge in [0.2, 0.25) is 0 Å². The Morgan fingerprint density at radius 2 is 2.06 bits per heavy atom. The second-order valence-corrected chi connectivity index (χ2v) is 4.28. The highest BCUT2D eigenvalue weighted by Crippen LogP contribution is 2.00. The van der Waals surface area contributed by atoms with Crippen molar-refractivity contribution >= 4 is 5.69 Å². The third-order valence-electron chi connectivity index (χ3n) is 2.74. The quantitative estimate of drug-likeness (QED) is 0.863. The molecule has 2 aromatic heterocycles. The van der Waals surface area contributed by atoms with Gasteiger partial charge in [0.25, 0.3) is 5.56 Å². The monoisotopic (exact) mass is 247 g/mol. The molecule has 0 atom stereocenters. The molecular weight excluding hydrogens is 230 g/mol. The van der Waals surface area contributed by atoms with E-state index in [1.54, 1.807) is 16.8 Å². The van der Waals surface area contributed by atoms with Gasteiger partial charge < -0.3 is 10.3 Å². The number of nitrogens with zero attached hydrogens (tertiary/aromatic N) is 4. The van der Waals surface area contributed by atoms with Gasteiger partial charge in [-0.05, 0) is 26.3 Å². The highest BCUT2D eigenvalue weighted by Gasteiger charge is 2.02. The molecule has 0 saturated carbocycles. The van der Waals surface area contributed by atoms with Crippen LogP contribution in [0.1, 0.15) is 18.1 Å². The first-order valence-corrected chi connectivity index (χ1v) is 5.90. The van der Waals surface area contributed by atoms with E-state index in [1.165, 1.54) is 6.07 Å². The van der Waals surface area contributed by atoms with Crippen molar-refractivity contribution in [2.24, 2.45) is 0 Å². The van der Waals surface area contributed by atoms with Gasteiger partial charge in [-0.2, -0.15) is 5.10 Å². The molecule has 0 aliphatic carbocycles. The van der Waals surface area contributed by atoms with Crippen molar-refractivity contribution in [2.75, 3.05) is 5.73 Å². The molecule has 0 fully saturated rings. The van der Waals surface area contributed by atoms with E-state index in [0.717, 1.165) is 24.6 Å². The first-order chi connectivity index (χ1) is 8.56. The summed E-state index contributed by atoms with van der Waals surface area (Å²) in [4.78, 5) is 15.8. The predicted octanol–water partition coefficient (Wildman–Crippen LogP) is 0.729. The number of aromatic nitrogens is 4. The van der Waals surface area contributed by atoms with Gasteiger partial charge in [0.15, 0.2) is 0 Å². The fourth-order valence-electron chi connectivity index (χ4n) is 1.89. The summed E-state index contributed by atoms with van der Waals surface area (Å²) in [5, 5.41) is 4.27. The zero-order valence-electron chi connectivity index (χ0n) is 10.6. The zero-order chi connectivity index (χ0) is 13.1. The minimum absolute atomic E-state index is 0.0318. The van der Waals surface area contributed by atoms with Crippen LogP contribution in [0.4, 0.5) is 5.69 Å². The van der Waals surface area contributed by atoms with Gasteiger partial charge in [-0.3, -0.25) is 9.48 Å². The van der Waals surface area contributed by atoms with Crippen molar-refractivity contribution in [2.45, 2.75) is 33.4 Å². The lowest BCUT2D eigenvalue weighted by Crippen LogP contribution is -2.20. The molecule has 96 valence electrons. The molecule has 6 heteroatoms. The Balaban J connectivity index is 1.98. The summed E-state index contributed by atoms with van der Waals surface area (Å²) in [6.45, 7) is 5.16. The summed E-state index contributed by atoms with van der Waals surface area (Å²) in [6.07, 6.45) is 2.48. The molecule has 0 radical (unpaired) electrons. The minimum atomic E-state index is -0.0318. The van der Waals surface area contributed by atoms with Crippen LogP contribution >= 0.6 is 0 Å². The fraction of sp³-hybridized carbons (Fsp3) is 0.417. The van der Waals surface area contributed by atoms with Crippen LogP contribution in [0, 0.1) is 13.8 Å². The van der Waals surface area contributed by atoms with E-state index in [2.05, 4.69) is 10.1 Å². The Labute approximate surface area is 105 Å². The standard InChI is InChI=1S/C12H17N5O/c1-9-14-10(2)17(15-9)7-3-6-16-8-11(13)4-5-12(16)18/h4-5,8H,3,6-7,13H2,1-2H3. The molecule has 0 aromatic carbocycles. The van der Waals surface area contributed by atoms with E-state index in [1.807, 2.05) is 18.5 Å². The largest absolute Gasteiger partial charge is 0.398 e. The van der Waals surface area contributed by atoms with Crippen molar-refractivity contribution in [3.05, 3.63) is 40.3 Å². The van der Waals surface area contributed by atoms with Gasteiger partial charge >= 0.3 is 0 Å². The Bertz CT molecular complexity index is 599. The normalized spacial score (nSPS) is 10.8. The third kappa shape index (κ3) is 2.77. The molecule has 0 bridgehead atoms. The van der Waals surface area contributed by atoms with E-state index >= 15 is 0 Å². The van der Waals surface area contributed by atoms with Crippen LogP contribution in [0.25, 0.3) is 0 Å². The van der Waals surface area contributed by atoms with Gasteiger partial charge in [0, 0.05) is 31.0 Å². The number of aryl methyl sites for hydroxylation is 4. The molecule has 0 aliphatic heterocycles. The zero-order valence-corrected chi connectivity index (χ0v) is 10.6. The predicted molar refractivity (Wildman–Crippen MR) is 69.2 cm³/mol. The van der Waals surface area contributed by atoms with E-state index in [4.69, 9.17) is 5.73 Å². The molecule has 2 aromatic rings. The van der Waals surface area contributed by atoms with E-state index in [9.17, 15) is 4.79 Å². The van der Waals surface area contributed by atoms with E-state index < -0.39 is 0 Å². The smallest absolute Gasteiger partial charge is 0.250 e. The van der Waals surface area contributed by atoms with Gasteiger partial charge in [-0.1, -0.05) is 0 Å². The number of anilines is 1. The number of pyridine rings is 1. The van der Waals surface area contributed by atoms with E-state index in [-0.39, 0.29) is 5.56 Å². The second-order valence-electron chi connectivity index (χ2n) is 4.28. The minimum Gasteiger partial charge on any atom is -0.398 e. The topological polar surface area (TPSA) is 78.7 Å². The van der Waals surface area contributed by atoms with Crippen molar-refractivity contribution in [1.82, 2.24) is 19.3 Å². The Morgan fingerprint density at radius 3 is 2.72 bits per heavy atom. The number of hydrogen-bond donors (Lipinski definition) is 1. The highest BCUT2D eigenvalue weighted by atomic mass is 16.1. The Morgan fingerprint density at radius 1 is 1.28 bits per heavy atom. The van der Waals surface area contributed by atoms with Crippen molar-refractivity contribution in [1.29, 1.82) is 0 Å². The maximum Gasteiger partial charge on any atom is 0.250 e. The number of nitrogens with two attached hydrogens (primary N) is 1. The summed E-state index contributed by atoms with van der Waals surface area (Å²) in [5.41, 5.74) is 6.22. The molecule has 0 spiro atoms. The first-order valence-electron chi connectivity index (χ1n) is 5.90. The summed E-state index contributed by atoms with van der Waals surface area (Å²) >= 11 is 0. The van der Waals surface area contributed by atoms with Gasteiger partial charge in [-0.25, -0.2) is 4.98 Å². The third-order valence-corrected chi connectivity index (χ3v) is 2.74. The molecule has 18 heavy (non-hydrogen) atoms. The van der Waals surface area contributed by atoms with Gasteiger partial charge in [0.1, 0.15) is 11.6 Å². The molecule has 2 rings (SSSR count). The molecule has 6 nitrogen and oxygen atoms in total. The fourth-order valence-corrected chi connectivity index (χ4v) is 1.89. The van der Waals surface area contributed by atoms with Crippen molar-refractivity contribution in [3.63, 3.8) is 0 Å². The van der Waals surface area contributed by atoms with Crippen LogP contribution in [0.2, 0.25) is 0 Å². The van der Waals surface area contributed by atoms with Crippen molar-refractivity contribution < 1.29 is 0 Å². The second kappa shape index (κ2) is 5.03. The maximum atomic E-state index is 11.6. The first kappa shape index (κ1) is 12.3. The molecule has 0 unspecified atom stereocenters. The summed E-state index contributed by atoms with van der Waals surface area (Å²) in [7, 11) is 0. The Hall–Kier alpha value is -2.11. The lowest BCUT2D eigenvalue weighted by Gasteiger charge is -2.07. The number of nitrogen functional groups attached to an aromatic ring is 1. The number of rotatable bonds is 4. The average molecular weight is 247 g/mol. The van der Waals surface area contributed by atoms with Crippen LogP contribution in [0.5, 0.6) is 0 Å². The lowest BCUT2D eigenvalue weighted by molar-refractivity contribution is 0.509. The molecule has 0 amide bonds. The Kier molecular flexibility index (Phi) is 3.45. The van der Waals surface area contributed by atoms with Crippen LogP contribution < -0.4 is 11.3 Å². The summed E-state index contributed by atoms with van der Waals surface area (Å²) < 4.78 is 3.47. The van der Waals surface area contributed by atoms with Gasteiger partial charge in [-0.15, -0.1) is 0 Å².